The summed E-state index contributed by atoms with van der Waals surface area (Å²) in [7, 11) is 0. The quantitative estimate of drug-likeness (QED) is 0.314. The van der Waals surface area contributed by atoms with Crippen LogP contribution in [0.3, 0.4) is 0 Å². The zero-order chi connectivity index (χ0) is 26.5. The average Bonchev–Trinajstić information content (AvgIpc) is 3.39. The van der Waals surface area contributed by atoms with Crippen LogP contribution in [0.1, 0.15) is 42.7 Å². The molecule has 198 valence electrons. The smallest absolute Gasteiger partial charge is 0.253 e. The highest BCUT2D eigenvalue weighted by Gasteiger charge is 2.40. The number of aliphatic hydroxyl groups excluding tert-OH is 1. The van der Waals surface area contributed by atoms with Gasteiger partial charge >= 0.3 is 0 Å². The summed E-state index contributed by atoms with van der Waals surface area (Å²) in [6.45, 7) is 2.34. The van der Waals surface area contributed by atoms with Crippen molar-refractivity contribution in [3.05, 3.63) is 69.7 Å². The van der Waals surface area contributed by atoms with Gasteiger partial charge in [0.2, 0.25) is 5.91 Å². The topological polar surface area (TPSA) is 123 Å². The molecule has 0 saturated carbocycles. The van der Waals surface area contributed by atoms with Gasteiger partial charge in [-0.15, -0.1) is 0 Å². The molecule has 2 aromatic carbocycles. The molecule has 2 aliphatic rings. The van der Waals surface area contributed by atoms with Gasteiger partial charge in [-0.3, -0.25) is 15.0 Å². The van der Waals surface area contributed by atoms with Crippen molar-refractivity contribution in [1.29, 1.82) is 5.41 Å². The molecule has 2 aromatic rings. The number of carbonyl (C=O) groups excluding carboxylic acids is 2. The van der Waals surface area contributed by atoms with Gasteiger partial charge in [-0.1, -0.05) is 47.5 Å². The number of nitrogens with zero attached hydrogens (tertiary/aromatic N) is 2. The zero-order valence-electron chi connectivity index (χ0n) is 20.6. The Kier molecular flexibility index (Phi) is 8.95. The van der Waals surface area contributed by atoms with Crippen LogP contribution >= 0.6 is 23.2 Å². The number of halogens is 2. The van der Waals surface area contributed by atoms with Gasteiger partial charge in [0.15, 0.2) is 5.96 Å². The van der Waals surface area contributed by atoms with Crippen LogP contribution < -0.4 is 11.1 Å². The largest absolute Gasteiger partial charge is 0.382 e. The van der Waals surface area contributed by atoms with E-state index in [0.29, 0.717) is 55.0 Å². The van der Waals surface area contributed by atoms with E-state index in [1.54, 1.807) is 48.5 Å². The molecule has 10 heteroatoms. The van der Waals surface area contributed by atoms with Crippen molar-refractivity contribution >= 4 is 41.0 Å². The lowest BCUT2D eigenvalue weighted by Crippen LogP contribution is -2.51. The van der Waals surface area contributed by atoms with Gasteiger partial charge in [-0.2, -0.15) is 0 Å². The van der Waals surface area contributed by atoms with Crippen molar-refractivity contribution in [1.82, 2.24) is 15.1 Å². The number of amides is 2. The molecule has 0 aromatic heterocycles. The Morgan fingerprint density at radius 2 is 1.51 bits per heavy atom. The minimum atomic E-state index is -1.38. The number of hydrogen-bond donors (Lipinski definition) is 4. The van der Waals surface area contributed by atoms with Gasteiger partial charge in [-0.05, 0) is 67.0 Å². The van der Waals surface area contributed by atoms with E-state index in [0.717, 1.165) is 24.0 Å². The highest BCUT2D eigenvalue weighted by atomic mass is 35.5. The van der Waals surface area contributed by atoms with Crippen LogP contribution in [0.25, 0.3) is 0 Å². The Hall–Kier alpha value is -2.81. The number of carbonyl (C=O) groups is 2. The number of piperidine rings is 1. The lowest BCUT2D eigenvalue weighted by Gasteiger charge is -2.33. The van der Waals surface area contributed by atoms with Gasteiger partial charge in [0.05, 0.1) is 0 Å². The fourth-order valence-electron chi connectivity index (χ4n) is 5.25. The summed E-state index contributed by atoms with van der Waals surface area (Å²) in [5, 5.41) is 23.1. The molecule has 4 rings (SSSR count). The Morgan fingerprint density at radius 1 is 0.973 bits per heavy atom. The standard InChI is InChI=1S/C27H33Cl2N5O3/c28-20-7-3-18(4-8-20)23(19-5-9-21(29)10-6-19)24(35)26(37)34-13-1-2-22(34)25(36)32-16-17-11-14-33(15-12-17)27(30)31/h3-10,17,22-24,35H,1-2,11-16H2,(H3,30,31)(H,32,36)/t22-,24+/m0/s1. The first kappa shape index (κ1) is 27.2. The van der Waals surface area contributed by atoms with Crippen LogP contribution in [0.5, 0.6) is 0 Å². The SMILES string of the molecule is N=C(N)N1CCC(CNC(=O)[C@@H]2CCCN2C(=O)[C@H](O)C(c2ccc(Cl)cc2)c2ccc(Cl)cc2)CC1. The molecule has 37 heavy (non-hydrogen) atoms. The molecule has 0 aliphatic carbocycles. The second-order valence-electron chi connectivity index (χ2n) is 9.78. The Labute approximate surface area is 227 Å². The molecule has 2 atom stereocenters. The van der Waals surface area contributed by atoms with Crippen molar-refractivity contribution in [2.75, 3.05) is 26.2 Å². The highest BCUT2D eigenvalue weighted by Crippen LogP contribution is 2.32. The first-order valence-electron chi connectivity index (χ1n) is 12.6. The summed E-state index contributed by atoms with van der Waals surface area (Å²) in [5.74, 6) is -0.923. The third-order valence-electron chi connectivity index (χ3n) is 7.39. The first-order chi connectivity index (χ1) is 17.7. The molecule has 2 aliphatic heterocycles. The van der Waals surface area contributed by atoms with Crippen LogP contribution in [-0.2, 0) is 9.59 Å². The number of likely N-dealkylation sites (tertiary alicyclic amines) is 2. The van der Waals surface area contributed by atoms with E-state index in [2.05, 4.69) is 5.32 Å². The van der Waals surface area contributed by atoms with Crippen molar-refractivity contribution in [3.8, 4) is 0 Å². The number of aliphatic hydroxyl groups is 1. The van der Waals surface area contributed by atoms with Crippen LogP contribution in [0.4, 0.5) is 0 Å². The summed E-state index contributed by atoms with van der Waals surface area (Å²) in [6, 6.07) is 13.5. The average molecular weight is 546 g/mol. The van der Waals surface area contributed by atoms with E-state index < -0.39 is 24.0 Å². The third kappa shape index (κ3) is 6.55. The summed E-state index contributed by atoms with van der Waals surface area (Å²) in [5.41, 5.74) is 7.04. The van der Waals surface area contributed by atoms with Crippen LogP contribution in [0.2, 0.25) is 10.0 Å². The minimum Gasteiger partial charge on any atom is -0.382 e. The number of hydrogen-bond acceptors (Lipinski definition) is 4. The number of guanidine groups is 1. The minimum absolute atomic E-state index is 0.0802. The highest BCUT2D eigenvalue weighted by molar-refractivity contribution is 6.30. The maximum Gasteiger partial charge on any atom is 0.253 e. The summed E-state index contributed by atoms with van der Waals surface area (Å²) in [6.07, 6.45) is 1.55. The number of rotatable bonds is 7. The number of benzene rings is 2. The van der Waals surface area contributed by atoms with Crippen molar-refractivity contribution < 1.29 is 14.7 Å². The fraction of sp³-hybridized carbons (Fsp3) is 0.444. The van der Waals surface area contributed by atoms with Gasteiger partial charge in [0, 0.05) is 42.1 Å². The van der Waals surface area contributed by atoms with E-state index in [1.807, 2.05) is 4.90 Å². The summed E-state index contributed by atoms with van der Waals surface area (Å²) in [4.78, 5) is 30.0. The first-order valence-corrected chi connectivity index (χ1v) is 13.4. The molecule has 8 nitrogen and oxygen atoms in total. The third-order valence-corrected chi connectivity index (χ3v) is 7.89. The predicted octanol–water partition coefficient (Wildman–Crippen LogP) is 3.20. The van der Waals surface area contributed by atoms with E-state index in [1.165, 1.54) is 4.90 Å². The molecule has 2 saturated heterocycles. The molecule has 2 heterocycles. The Balaban J connectivity index is 1.44. The monoisotopic (exact) mass is 545 g/mol. The maximum atomic E-state index is 13.6. The summed E-state index contributed by atoms with van der Waals surface area (Å²) < 4.78 is 0. The molecule has 0 radical (unpaired) electrons. The van der Waals surface area contributed by atoms with Crippen molar-refractivity contribution in [3.63, 3.8) is 0 Å². The van der Waals surface area contributed by atoms with Gasteiger partial charge < -0.3 is 26.0 Å². The zero-order valence-corrected chi connectivity index (χ0v) is 22.1. The molecular formula is C27H33Cl2N5O3. The van der Waals surface area contributed by atoms with Crippen LogP contribution in [-0.4, -0.2) is 71.0 Å². The normalized spacial score (nSPS) is 19.2. The van der Waals surface area contributed by atoms with Crippen LogP contribution in [0, 0.1) is 11.3 Å². The fourth-order valence-corrected chi connectivity index (χ4v) is 5.51. The lowest BCUT2D eigenvalue weighted by atomic mass is 9.86. The molecule has 2 amide bonds. The predicted molar refractivity (Wildman–Crippen MR) is 145 cm³/mol. The van der Waals surface area contributed by atoms with Crippen molar-refractivity contribution in [2.45, 2.75) is 43.7 Å². The molecule has 0 unspecified atom stereocenters. The van der Waals surface area contributed by atoms with E-state index in [-0.39, 0.29) is 11.9 Å². The van der Waals surface area contributed by atoms with Crippen LogP contribution in [0.15, 0.2) is 48.5 Å². The number of nitrogens with one attached hydrogen (secondary N) is 2. The number of nitrogens with two attached hydrogens (primary N) is 1. The van der Waals surface area contributed by atoms with Gasteiger partial charge in [0.1, 0.15) is 12.1 Å². The second-order valence-corrected chi connectivity index (χ2v) is 10.6. The van der Waals surface area contributed by atoms with Gasteiger partial charge in [-0.25, -0.2) is 0 Å². The molecule has 0 spiro atoms. The van der Waals surface area contributed by atoms with E-state index >= 15 is 0 Å². The Morgan fingerprint density at radius 3 is 2.03 bits per heavy atom. The van der Waals surface area contributed by atoms with E-state index in [4.69, 9.17) is 34.3 Å². The molecule has 5 N–H and O–H groups in total. The molecule has 2 fully saturated rings. The van der Waals surface area contributed by atoms with Crippen molar-refractivity contribution in [2.24, 2.45) is 11.7 Å². The lowest BCUT2D eigenvalue weighted by molar-refractivity contribution is -0.145. The summed E-state index contributed by atoms with van der Waals surface area (Å²) >= 11 is 12.1. The van der Waals surface area contributed by atoms with Gasteiger partial charge in [0.25, 0.3) is 5.91 Å². The maximum absolute atomic E-state index is 13.6. The Bertz CT molecular complexity index is 1060. The van der Waals surface area contributed by atoms with E-state index in [9.17, 15) is 14.7 Å². The molecular weight excluding hydrogens is 513 g/mol. The second kappa shape index (κ2) is 12.2. The molecule has 0 bridgehead atoms.